The van der Waals surface area contributed by atoms with Gasteiger partial charge in [0, 0.05) is 16.3 Å². The lowest BCUT2D eigenvalue weighted by molar-refractivity contribution is -0.367. The summed E-state index contributed by atoms with van der Waals surface area (Å²) < 4.78 is 55.6. The third-order valence-electron chi connectivity index (χ3n) is 11.7. The van der Waals surface area contributed by atoms with Gasteiger partial charge in [-0.2, -0.15) is 0 Å². The number of nitrogens with zero attached hydrogens (tertiary/aromatic N) is 1. The molecule has 2 aliphatic heterocycles. The zero-order valence-electron chi connectivity index (χ0n) is 37.8. The molecule has 6 aromatic rings. The summed E-state index contributed by atoms with van der Waals surface area (Å²) in [6.45, 7) is 8.34. The van der Waals surface area contributed by atoms with Gasteiger partial charge in [0.2, 0.25) is 5.79 Å². The molecule has 1 saturated heterocycles. The number of hydrogen-bond donors (Lipinski definition) is 2. The number of rotatable bonds is 16. The predicted octanol–water partition coefficient (Wildman–Crippen LogP) is 10.3. The number of aliphatic hydroxyl groups is 2. The number of amides is 1. The number of halogens is 1. The predicted molar refractivity (Wildman–Crippen MR) is 250 cm³/mol. The zero-order valence-corrected chi connectivity index (χ0v) is 38.6. The third kappa shape index (κ3) is 11.4. The first-order chi connectivity index (χ1) is 31.8. The minimum absolute atomic E-state index is 0.00706. The van der Waals surface area contributed by atoms with Crippen LogP contribution in [0, 0.1) is 6.92 Å². The van der Waals surface area contributed by atoms with Crippen LogP contribution in [-0.4, -0.2) is 64.4 Å². The van der Waals surface area contributed by atoms with Crippen LogP contribution in [0.5, 0.6) is 5.75 Å². The van der Waals surface area contributed by atoms with Crippen LogP contribution in [0.2, 0.25) is 0 Å². The molecule has 0 radical (unpaired) electrons. The summed E-state index contributed by atoms with van der Waals surface area (Å²) in [5, 5.41) is 25.9. The second-order valence-corrected chi connectivity index (χ2v) is 19.1. The first kappa shape index (κ1) is 47.1. The summed E-state index contributed by atoms with van der Waals surface area (Å²) in [5.74, 6) is -2.17. The van der Waals surface area contributed by atoms with Gasteiger partial charge in [0.15, 0.2) is 6.17 Å². The van der Waals surface area contributed by atoms with Crippen molar-refractivity contribution in [2.45, 2.75) is 109 Å². The fourth-order valence-electron chi connectivity index (χ4n) is 8.34. The van der Waals surface area contributed by atoms with Crippen molar-refractivity contribution in [3.05, 3.63) is 194 Å². The molecule has 0 spiro atoms. The lowest BCUT2D eigenvalue weighted by atomic mass is 9.85. The van der Waals surface area contributed by atoms with E-state index < -0.39 is 42.0 Å². The van der Waals surface area contributed by atoms with E-state index in [2.05, 4.69) is 0 Å². The second kappa shape index (κ2) is 21.0. The Bertz CT molecular complexity index is 2500. The fraction of sp³-hybridized carbons (Fsp3) is 0.352. The Hall–Kier alpha value is -5.44. The molecule has 3 heterocycles. The molecule has 0 aliphatic carbocycles. The number of thiophene rings is 1. The molecule has 12 heteroatoms. The van der Waals surface area contributed by atoms with Gasteiger partial charge in [-0.15, -0.1) is 11.3 Å². The smallest absolute Gasteiger partial charge is 0.410 e. The molecule has 2 aliphatic rings. The fourth-order valence-corrected chi connectivity index (χ4v) is 9.51. The molecule has 66 heavy (non-hydrogen) atoms. The van der Waals surface area contributed by atoms with Crippen LogP contribution >= 0.6 is 11.3 Å². The molecule has 5 aromatic carbocycles. The summed E-state index contributed by atoms with van der Waals surface area (Å²) in [7, 11) is 0. The van der Waals surface area contributed by atoms with Crippen LogP contribution in [0.1, 0.15) is 81.1 Å². The molecule has 1 fully saturated rings. The highest BCUT2D eigenvalue weighted by molar-refractivity contribution is 7.12. The number of benzene rings is 5. The van der Waals surface area contributed by atoms with E-state index >= 15 is 4.39 Å². The molecular weight excluding hydrogens is 858 g/mol. The highest BCUT2D eigenvalue weighted by Crippen LogP contribution is 2.47. The normalized spacial score (nSPS) is 21.2. The minimum Gasteiger partial charge on any atom is -0.488 e. The van der Waals surface area contributed by atoms with Crippen molar-refractivity contribution in [2.24, 2.45) is 0 Å². The molecule has 0 saturated carbocycles. The lowest BCUT2D eigenvalue weighted by Gasteiger charge is -2.48. The van der Waals surface area contributed by atoms with E-state index in [0.717, 1.165) is 32.7 Å². The molecule has 0 bridgehead atoms. The number of carbonyl (C=O) groups excluding carboxylic acids is 1. The minimum atomic E-state index is -2.42. The van der Waals surface area contributed by atoms with Crippen LogP contribution in [0.3, 0.4) is 0 Å². The molecule has 1 aromatic heterocycles. The monoisotopic (exact) mass is 915 g/mol. The third-order valence-corrected chi connectivity index (χ3v) is 13.0. The largest absolute Gasteiger partial charge is 0.488 e. The maximum Gasteiger partial charge on any atom is 0.410 e. The summed E-state index contributed by atoms with van der Waals surface area (Å²) in [6, 6.07) is 43.4. The van der Waals surface area contributed by atoms with Crippen molar-refractivity contribution < 1.29 is 47.8 Å². The second-order valence-electron chi connectivity index (χ2n) is 17.9. The van der Waals surface area contributed by atoms with Gasteiger partial charge in [-0.3, -0.25) is 0 Å². The van der Waals surface area contributed by atoms with Crippen LogP contribution in [-0.2, 0) is 68.9 Å². The first-order valence-corrected chi connectivity index (χ1v) is 23.2. The van der Waals surface area contributed by atoms with Crippen molar-refractivity contribution in [2.75, 3.05) is 13.2 Å². The van der Waals surface area contributed by atoms with E-state index in [1.807, 2.05) is 155 Å². The average Bonchev–Trinajstić information content (AvgIpc) is 3.75. The van der Waals surface area contributed by atoms with Gasteiger partial charge in [-0.1, -0.05) is 121 Å². The Morgan fingerprint density at radius 1 is 0.818 bits per heavy atom. The van der Waals surface area contributed by atoms with E-state index in [-0.39, 0.29) is 50.4 Å². The van der Waals surface area contributed by atoms with Gasteiger partial charge >= 0.3 is 6.09 Å². The number of ether oxygens (including phenoxy) is 6. The van der Waals surface area contributed by atoms with Crippen molar-refractivity contribution in [1.29, 1.82) is 0 Å². The molecule has 10 nitrogen and oxygen atoms in total. The van der Waals surface area contributed by atoms with Crippen LogP contribution in [0.4, 0.5) is 9.18 Å². The lowest BCUT2D eigenvalue weighted by Crippen LogP contribution is -2.64. The number of fused-ring (bicyclic) bond motifs is 1. The molecule has 2 N–H and O–H groups in total. The standard InChI is InChI=1S/C54H58FNO9S/c1-36-27-44(61-32-38-19-11-6-12-20-38)43(29-42(36)49(57)47-28-41-30-56(26-25-46(41)66-47)52(58)65-53(2,3)4)54(59)51(63-34-40-23-15-8-16-24-40)50(62-33-39-21-13-7-14-22-39)48(55)45(64-54)35-60-31-37-17-9-5-10-18-37/h5-24,27-29,45,48-51,57,59H,25-26,30-35H2,1-4H3/t45-,48-,49?,50+,51-,54?/m1/s1. The van der Waals surface area contributed by atoms with Crippen LogP contribution in [0.25, 0.3) is 0 Å². The van der Waals surface area contributed by atoms with Gasteiger partial charge < -0.3 is 43.5 Å². The Labute approximate surface area is 390 Å². The Morgan fingerprint density at radius 2 is 1.38 bits per heavy atom. The highest BCUT2D eigenvalue weighted by Gasteiger charge is 2.58. The van der Waals surface area contributed by atoms with E-state index in [4.69, 9.17) is 28.4 Å². The molecule has 8 rings (SSSR count). The van der Waals surface area contributed by atoms with Crippen molar-refractivity contribution in [1.82, 2.24) is 4.90 Å². The Kier molecular flexibility index (Phi) is 15.0. The van der Waals surface area contributed by atoms with E-state index in [0.29, 0.717) is 35.5 Å². The maximum absolute atomic E-state index is 17.4. The van der Waals surface area contributed by atoms with Crippen LogP contribution < -0.4 is 4.74 Å². The number of hydrogen-bond acceptors (Lipinski definition) is 10. The summed E-state index contributed by atoms with van der Waals surface area (Å²) in [4.78, 5) is 16.4. The van der Waals surface area contributed by atoms with Crippen molar-refractivity contribution in [3.8, 4) is 5.75 Å². The highest BCUT2D eigenvalue weighted by atomic mass is 32.1. The van der Waals surface area contributed by atoms with Crippen LogP contribution in [0.15, 0.2) is 140 Å². The van der Waals surface area contributed by atoms with Gasteiger partial charge in [0.1, 0.15) is 42.4 Å². The first-order valence-electron chi connectivity index (χ1n) is 22.4. The molecule has 2 unspecified atom stereocenters. The maximum atomic E-state index is 17.4. The number of aryl methyl sites for hydroxylation is 1. The Morgan fingerprint density at radius 3 is 1.97 bits per heavy atom. The van der Waals surface area contributed by atoms with Gasteiger partial charge in [-0.05, 0) is 91.3 Å². The quantitative estimate of drug-likeness (QED) is 0.0979. The van der Waals surface area contributed by atoms with E-state index in [9.17, 15) is 15.0 Å². The van der Waals surface area contributed by atoms with Gasteiger partial charge in [-0.25, -0.2) is 9.18 Å². The van der Waals surface area contributed by atoms with E-state index in [1.165, 1.54) is 11.3 Å². The van der Waals surface area contributed by atoms with Gasteiger partial charge in [0.05, 0.1) is 38.5 Å². The zero-order chi connectivity index (χ0) is 46.3. The van der Waals surface area contributed by atoms with Gasteiger partial charge in [0.25, 0.3) is 0 Å². The van der Waals surface area contributed by atoms with E-state index in [1.54, 1.807) is 17.0 Å². The number of carbonyl (C=O) groups is 1. The summed E-state index contributed by atoms with van der Waals surface area (Å²) in [5.41, 5.74) is 4.94. The SMILES string of the molecule is Cc1cc(OCc2ccccc2)c(C2(O)O[C@H](COCc3ccccc3)[C@@H](F)[C@H](OCc3ccccc3)[C@H]2OCc2ccccc2)cc1C(O)c1cc2c(s1)CCN(C(=O)OC(C)(C)C)C2. The van der Waals surface area contributed by atoms with Crippen molar-refractivity contribution in [3.63, 3.8) is 0 Å². The number of aliphatic hydroxyl groups excluding tert-OH is 1. The topological polar surface area (TPSA) is 116 Å². The number of alkyl halides is 1. The molecule has 6 atom stereocenters. The Balaban J connectivity index is 1.20. The average molecular weight is 916 g/mol. The summed E-state index contributed by atoms with van der Waals surface area (Å²) in [6.07, 6.45) is -6.90. The molecule has 346 valence electrons. The molecular formula is C54H58FNO9S. The summed E-state index contributed by atoms with van der Waals surface area (Å²) >= 11 is 1.48. The van der Waals surface area contributed by atoms with Crippen molar-refractivity contribution >= 4 is 17.4 Å². The molecule has 1 amide bonds.